The Balaban J connectivity index is 2.26. The maximum absolute atomic E-state index is 10.1. The number of hydrogen-bond donors (Lipinski definition) is 3. The lowest BCUT2D eigenvalue weighted by Gasteiger charge is -2.17. The van der Waals surface area contributed by atoms with Crippen molar-refractivity contribution in [3.05, 3.63) is 47.5 Å². The summed E-state index contributed by atoms with van der Waals surface area (Å²) in [5.74, 6) is 1.27. The van der Waals surface area contributed by atoms with E-state index in [0.717, 1.165) is 23.4 Å². The Labute approximate surface area is 101 Å². The van der Waals surface area contributed by atoms with Crippen LogP contribution in [0.2, 0.25) is 0 Å². The van der Waals surface area contributed by atoms with Crippen molar-refractivity contribution >= 4 is 0 Å². The van der Waals surface area contributed by atoms with Crippen LogP contribution < -0.4 is 5.32 Å². The fourth-order valence-electron chi connectivity index (χ4n) is 1.93. The molecule has 0 aliphatic carbocycles. The number of imidazole rings is 1. The summed E-state index contributed by atoms with van der Waals surface area (Å²) in [5, 5.41) is 13.3. The zero-order valence-corrected chi connectivity index (χ0v) is 10.1. The van der Waals surface area contributed by atoms with Crippen molar-refractivity contribution in [2.75, 3.05) is 7.05 Å². The van der Waals surface area contributed by atoms with Gasteiger partial charge in [0.2, 0.25) is 0 Å². The number of aromatic nitrogens is 2. The maximum atomic E-state index is 10.1. The Morgan fingerprint density at radius 3 is 2.94 bits per heavy atom. The summed E-state index contributed by atoms with van der Waals surface area (Å²) in [4.78, 5) is 7.28. The molecule has 0 saturated heterocycles. The number of benzene rings is 1. The first-order valence-corrected chi connectivity index (χ1v) is 5.66. The number of phenolic OH excluding ortho intramolecular Hbond substituents is 1. The lowest BCUT2D eigenvalue weighted by Crippen LogP contribution is -2.19. The lowest BCUT2D eigenvalue weighted by atomic mass is 10.00. The Bertz CT molecular complexity index is 479. The number of likely N-dealkylation sites (N-methyl/N-ethyl adjacent to an activating group) is 1. The molecule has 90 valence electrons. The number of hydrogen-bond acceptors (Lipinski definition) is 3. The molecule has 2 aromatic rings. The van der Waals surface area contributed by atoms with Crippen LogP contribution in [0.5, 0.6) is 5.75 Å². The van der Waals surface area contributed by atoms with Crippen LogP contribution >= 0.6 is 0 Å². The van der Waals surface area contributed by atoms with E-state index in [9.17, 15) is 5.11 Å². The second kappa shape index (κ2) is 5.01. The largest absolute Gasteiger partial charge is 0.507 e. The Kier molecular flexibility index (Phi) is 3.44. The number of H-pyrrole nitrogens is 1. The molecule has 0 aliphatic heterocycles. The van der Waals surface area contributed by atoms with E-state index in [-0.39, 0.29) is 6.04 Å². The van der Waals surface area contributed by atoms with Crippen molar-refractivity contribution in [1.29, 1.82) is 0 Å². The maximum Gasteiger partial charge on any atom is 0.123 e. The minimum absolute atomic E-state index is 0.0565. The Hall–Kier alpha value is -1.81. The third kappa shape index (κ3) is 2.47. The minimum atomic E-state index is 0.0565. The molecule has 1 aromatic carbocycles. The SMILES string of the molecule is CN[C@H](Cc1ncc[nH]1)c1cccc(C)c1O. The molecule has 1 heterocycles. The van der Waals surface area contributed by atoms with Gasteiger partial charge >= 0.3 is 0 Å². The van der Waals surface area contributed by atoms with Gasteiger partial charge in [-0.3, -0.25) is 0 Å². The quantitative estimate of drug-likeness (QED) is 0.753. The fraction of sp³-hybridized carbons (Fsp3) is 0.308. The molecule has 0 aliphatic rings. The molecule has 2 rings (SSSR count). The van der Waals surface area contributed by atoms with Crippen molar-refractivity contribution in [2.24, 2.45) is 0 Å². The zero-order valence-electron chi connectivity index (χ0n) is 10.1. The smallest absolute Gasteiger partial charge is 0.123 e. The van der Waals surface area contributed by atoms with Gasteiger partial charge in [0.1, 0.15) is 11.6 Å². The standard InChI is InChI=1S/C13H17N3O/c1-9-4-3-5-10(13(9)17)11(14-2)8-12-15-6-7-16-12/h3-7,11,14,17H,8H2,1-2H3,(H,15,16)/t11-/m1/s1. The molecule has 0 unspecified atom stereocenters. The summed E-state index contributed by atoms with van der Waals surface area (Å²) < 4.78 is 0. The molecule has 0 radical (unpaired) electrons. The van der Waals surface area contributed by atoms with E-state index in [0.29, 0.717) is 5.75 Å². The van der Waals surface area contributed by atoms with Crippen LogP contribution in [0, 0.1) is 6.92 Å². The van der Waals surface area contributed by atoms with Crippen LogP contribution in [-0.2, 0) is 6.42 Å². The first-order valence-electron chi connectivity index (χ1n) is 5.66. The molecule has 0 fully saturated rings. The van der Waals surface area contributed by atoms with Gasteiger partial charge in [-0.2, -0.15) is 0 Å². The van der Waals surface area contributed by atoms with Crippen molar-refractivity contribution in [2.45, 2.75) is 19.4 Å². The number of nitrogens with one attached hydrogen (secondary N) is 2. The van der Waals surface area contributed by atoms with Crippen LogP contribution in [-0.4, -0.2) is 22.1 Å². The first kappa shape index (κ1) is 11.7. The normalized spacial score (nSPS) is 12.6. The van der Waals surface area contributed by atoms with E-state index in [1.807, 2.05) is 32.2 Å². The number of phenols is 1. The van der Waals surface area contributed by atoms with E-state index >= 15 is 0 Å². The second-order valence-electron chi connectivity index (χ2n) is 4.09. The molecule has 17 heavy (non-hydrogen) atoms. The van der Waals surface area contributed by atoms with Crippen molar-refractivity contribution in [3.63, 3.8) is 0 Å². The molecule has 1 aromatic heterocycles. The van der Waals surface area contributed by atoms with Gasteiger partial charge in [-0.05, 0) is 19.5 Å². The highest BCUT2D eigenvalue weighted by Crippen LogP contribution is 2.28. The van der Waals surface area contributed by atoms with Crippen LogP contribution in [0.15, 0.2) is 30.6 Å². The number of aromatic amines is 1. The summed E-state index contributed by atoms with van der Waals surface area (Å²) in [6, 6.07) is 5.85. The third-order valence-electron chi connectivity index (χ3n) is 2.95. The van der Waals surface area contributed by atoms with Crippen molar-refractivity contribution < 1.29 is 5.11 Å². The van der Waals surface area contributed by atoms with Gasteiger partial charge in [0.25, 0.3) is 0 Å². The summed E-state index contributed by atoms with van der Waals surface area (Å²) in [5.41, 5.74) is 1.80. The third-order valence-corrected chi connectivity index (χ3v) is 2.95. The number of aryl methyl sites for hydroxylation is 1. The summed E-state index contributed by atoms with van der Waals surface area (Å²) in [7, 11) is 1.88. The van der Waals surface area contributed by atoms with E-state index in [2.05, 4.69) is 15.3 Å². The van der Waals surface area contributed by atoms with Gasteiger partial charge in [-0.1, -0.05) is 18.2 Å². The van der Waals surface area contributed by atoms with Crippen molar-refractivity contribution in [3.8, 4) is 5.75 Å². The van der Waals surface area contributed by atoms with Gasteiger partial charge < -0.3 is 15.4 Å². The molecule has 4 heteroatoms. The molecule has 0 saturated carbocycles. The molecular formula is C13H17N3O. The molecule has 0 amide bonds. The van der Waals surface area contributed by atoms with E-state index < -0.39 is 0 Å². The van der Waals surface area contributed by atoms with Crippen LogP contribution in [0.1, 0.15) is 23.0 Å². The van der Waals surface area contributed by atoms with Crippen LogP contribution in [0.25, 0.3) is 0 Å². The monoisotopic (exact) mass is 231 g/mol. The average Bonchev–Trinajstić information content (AvgIpc) is 2.83. The first-order chi connectivity index (χ1) is 8.22. The molecule has 1 atom stereocenters. The Morgan fingerprint density at radius 1 is 1.47 bits per heavy atom. The van der Waals surface area contributed by atoms with Crippen LogP contribution in [0.4, 0.5) is 0 Å². The molecule has 0 bridgehead atoms. The predicted octanol–water partition coefficient (Wildman–Crippen LogP) is 1.93. The van der Waals surface area contributed by atoms with Gasteiger partial charge in [-0.25, -0.2) is 4.98 Å². The van der Waals surface area contributed by atoms with E-state index in [1.165, 1.54) is 0 Å². The molecular weight excluding hydrogens is 214 g/mol. The lowest BCUT2D eigenvalue weighted by molar-refractivity contribution is 0.447. The molecule has 4 nitrogen and oxygen atoms in total. The topological polar surface area (TPSA) is 60.9 Å². The number of para-hydroxylation sites is 1. The number of aromatic hydroxyl groups is 1. The van der Waals surface area contributed by atoms with Gasteiger partial charge in [0.15, 0.2) is 0 Å². The van der Waals surface area contributed by atoms with Gasteiger partial charge in [0, 0.05) is 30.4 Å². The number of rotatable bonds is 4. The van der Waals surface area contributed by atoms with E-state index in [4.69, 9.17) is 0 Å². The van der Waals surface area contributed by atoms with E-state index in [1.54, 1.807) is 12.4 Å². The van der Waals surface area contributed by atoms with Crippen molar-refractivity contribution in [1.82, 2.24) is 15.3 Å². The highest BCUT2D eigenvalue weighted by atomic mass is 16.3. The summed E-state index contributed by atoms with van der Waals surface area (Å²) in [6.07, 6.45) is 4.26. The average molecular weight is 231 g/mol. The predicted molar refractivity (Wildman–Crippen MR) is 66.9 cm³/mol. The fourth-order valence-corrected chi connectivity index (χ4v) is 1.93. The number of nitrogens with zero attached hydrogens (tertiary/aromatic N) is 1. The Morgan fingerprint density at radius 2 is 2.29 bits per heavy atom. The zero-order chi connectivity index (χ0) is 12.3. The molecule has 3 N–H and O–H groups in total. The second-order valence-corrected chi connectivity index (χ2v) is 4.09. The minimum Gasteiger partial charge on any atom is -0.507 e. The molecule has 0 spiro atoms. The van der Waals surface area contributed by atoms with Crippen LogP contribution in [0.3, 0.4) is 0 Å². The van der Waals surface area contributed by atoms with Gasteiger partial charge in [0.05, 0.1) is 0 Å². The summed E-state index contributed by atoms with van der Waals surface area (Å²) in [6.45, 7) is 1.90. The highest BCUT2D eigenvalue weighted by Gasteiger charge is 2.16. The van der Waals surface area contributed by atoms with Gasteiger partial charge in [-0.15, -0.1) is 0 Å². The highest BCUT2D eigenvalue weighted by molar-refractivity contribution is 5.41. The summed E-state index contributed by atoms with van der Waals surface area (Å²) >= 11 is 0.